The number of nitrogens with one attached hydrogen (secondary N) is 1. The molecule has 24 heavy (non-hydrogen) atoms. The first-order chi connectivity index (χ1) is 11.8. The Morgan fingerprint density at radius 2 is 2.17 bits per heavy atom. The zero-order valence-electron chi connectivity index (χ0n) is 12.7. The average molecular weight is 342 g/mol. The number of nitrogens with zero attached hydrogens (tertiary/aromatic N) is 1. The summed E-state index contributed by atoms with van der Waals surface area (Å²) in [6.45, 7) is 0.243. The van der Waals surface area contributed by atoms with Crippen molar-refractivity contribution in [2.24, 2.45) is 0 Å². The van der Waals surface area contributed by atoms with Gasteiger partial charge in [-0.3, -0.25) is 4.79 Å². The predicted molar refractivity (Wildman–Crippen MR) is 89.3 cm³/mol. The van der Waals surface area contributed by atoms with Gasteiger partial charge in [-0.05, 0) is 30.3 Å². The van der Waals surface area contributed by atoms with Crippen molar-refractivity contribution >= 4 is 22.4 Å². The fourth-order valence-corrected chi connectivity index (χ4v) is 3.13. The molecule has 1 aliphatic rings. The van der Waals surface area contributed by atoms with Crippen molar-refractivity contribution in [3.05, 3.63) is 47.7 Å². The Labute approximate surface area is 142 Å². The summed E-state index contributed by atoms with van der Waals surface area (Å²) in [5.74, 6) is 2.16. The van der Waals surface area contributed by atoms with Crippen molar-refractivity contribution in [3.63, 3.8) is 0 Å². The highest BCUT2D eigenvalue weighted by Crippen LogP contribution is 2.36. The van der Waals surface area contributed by atoms with Crippen molar-refractivity contribution in [2.75, 3.05) is 12.1 Å². The Balaban J connectivity index is 1.40. The molecule has 0 bridgehead atoms. The summed E-state index contributed by atoms with van der Waals surface area (Å²) in [6, 6.07) is 9.34. The van der Waals surface area contributed by atoms with Crippen LogP contribution in [0.1, 0.15) is 12.2 Å². The fourth-order valence-electron chi connectivity index (χ4n) is 2.39. The van der Waals surface area contributed by atoms with Gasteiger partial charge in [0.25, 0.3) is 0 Å². The van der Waals surface area contributed by atoms with Crippen LogP contribution in [0.4, 0.5) is 5.13 Å². The highest BCUT2D eigenvalue weighted by molar-refractivity contribution is 7.14. The molecule has 0 spiro atoms. The molecule has 0 aliphatic carbocycles. The average Bonchev–Trinajstić information content (AvgIpc) is 3.33. The zero-order valence-corrected chi connectivity index (χ0v) is 13.5. The molecule has 0 fully saturated rings. The van der Waals surface area contributed by atoms with E-state index in [0.717, 1.165) is 22.8 Å². The Kier molecular flexibility index (Phi) is 3.92. The Hall–Kier alpha value is -2.80. The van der Waals surface area contributed by atoms with Gasteiger partial charge < -0.3 is 19.2 Å². The van der Waals surface area contributed by atoms with Crippen molar-refractivity contribution in [2.45, 2.75) is 12.8 Å². The van der Waals surface area contributed by atoms with Crippen LogP contribution in [0.2, 0.25) is 0 Å². The van der Waals surface area contributed by atoms with Crippen LogP contribution in [-0.4, -0.2) is 17.7 Å². The first-order valence-electron chi connectivity index (χ1n) is 7.46. The van der Waals surface area contributed by atoms with Crippen molar-refractivity contribution in [1.29, 1.82) is 0 Å². The number of carbonyl (C=O) groups excluding carboxylic acids is 1. The van der Waals surface area contributed by atoms with Crippen molar-refractivity contribution in [1.82, 2.24) is 4.98 Å². The molecule has 1 aliphatic heterocycles. The van der Waals surface area contributed by atoms with E-state index in [0.29, 0.717) is 23.7 Å². The van der Waals surface area contributed by atoms with Crippen LogP contribution in [0.3, 0.4) is 0 Å². The van der Waals surface area contributed by atoms with E-state index in [1.165, 1.54) is 11.3 Å². The van der Waals surface area contributed by atoms with E-state index in [9.17, 15) is 4.79 Å². The molecule has 1 N–H and O–H groups in total. The second kappa shape index (κ2) is 6.37. The maximum atomic E-state index is 12.0. The van der Waals surface area contributed by atoms with Gasteiger partial charge in [0.15, 0.2) is 16.6 Å². The van der Waals surface area contributed by atoms with Gasteiger partial charge in [-0.25, -0.2) is 4.98 Å². The number of rotatable bonds is 5. The van der Waals surface area contributed by atoms with Gasteiger partial charge in [-0.2, -0.15) is 0 Å². The second-order valence-electron chi connectivity index (χ2n) is 5.23. The lowest BCUT2D eigenvalue weighted by molar-refractivity contribution is -0.116. The number of hydrogen-bond acceptors (Lipinski definition) is 6. The minimum Gasteiger partial charge on any atom is -0.469 e. The van der Waals surface area contributed by atoms with Gasteiger partial charge in [0.2, 0.25) is 12.7 Å². The van der Waals surface area contributed by atoms with Gasteiger partial charge in [-0.15, -0.1) is 11.3 Å². The molecule has 2 aromatic heterocycles. The molecule has 6 nitrogen and oxygen atoms in total. The molecule has 0 saturated heterocycles. The van der Waals surface area contributed by atoms with Gasteiger partial charge >= 0.3 is 0 Å². The largest absolute Gasteiger partial charge is 0.469 e. The molecule has 122 valence electrons. The van der Waals surface area contributed by atoms with E-state index < -0.39 is 0 Å². The Bertz CT molecular complexity index is 857. The van der Waals surface area contributed by atoms with Crippen LogP contribution in [0, 0.1) is 0 Å². The third-order valence-electron chi connectivity index (χ3n) is 3.60. The summed E-state index contributed by atoms with van der Waals surface area (Å²) in [5, 5.41) is 5.30. The number of fused-ring (bicyclic) bond motifs is 1. The molecule has 0 saturated carbocycles. The lowest BCUT2D eigenvalue weighted by atomic mass is 10.1. The smallest absolute Gasteiger partial charge is 0.231 e. The standard InChI is InChI=1S/C17H14N2O4S/c20-16(6-4-12-2-1-7-21-12)19-17-18-13(9-24-17)11-3-5-14-15(8-11)23-10-22-14/h1-3,5,7-9H,4,6,10H2,(H,18,19,20). The fraction of sp³-hybridized carbons (Fsp3) is 0.176. The van der Waals surface area contributed by atoms with E-state index in [2.05, 4.69) is 10.3 Å². The molecule has 3 aromatic rings. The van der Waals surface area contributed by atoms with E-state index in [4.69, 9.17) is 13.9 Å². The molecule has 0 atom stereocenters. The number of aromatic nitrogens is 1. The van der Waals surface area contributed by atoms with Crippen LogP contribution < -0.4 is 14.8 Å². The van der Waals surface area contributed by atoms with E-state index in [1.807, 2.05) is 35.7 Å². The van der Waals surface area contributed by atoms with Crippen LogP contribution >= 0.6 is 11.3 Å². The first-order valence-corrected chi connectivity index (χ1v) is 8.34. The molecule has 0 radical (unpaired) electrons. The normalized spacial score (nSPS) is 12.3. The zero-order chi connectivity index (χ0) is 16.4. The van der Waals surface area contributed by atoms with Crippen LogP contribution in [0.25, 0.3) is 11.3 Å². The predicted octanol–water partition coefficient (Wildman–Crippen LogP) is 3.70. The monoisotopic (exact) mass is 342 g/mol. The Morgan fingerprint density at radius 3 is 3.04 bits per heavy atom. The Morgan fingerprint density at radius 1 is 1.25 bits per heavy atom. The summed E-state index contributed by atoms with van der Waals surface area (Å²) in [7, 11) is 0. The minimum atomic E-state index is -0.0852. The number of anilines is 1. The van der Waals surface area contributed by atoms with E-state index >= 15 is 0 Å². The molecule has 7 heteroatoms. The van der Waals surface area contributed by atoms with E-state index in [-0.39, 0.29) is 12.7 Å². The number of thiazole rings is 1. The number of amides is 1. The number of hydrogen-bond donors (Lipinski definition) is 1. The number of furan rings is 1. The minimum absolute atomic E-state index is 0.0852. The molecular weight excluding hydrogens is 328 g/mol. The van der Waals surface area contributed by atoms with Crippen LogP contribution in [0.5, 0.6) is 11.5 Å². The third kappa shape index (κ3) is 3.11. The summed E-state index contributed by atoms with van der Waals surface area (Å²) in [4.78, 5) is 16.4. The summed E-state index contributed by atoms with van der Waals surface area (Å²) in [6.07, 6.45) is 2.53. The SMILES string of the molecule is O=C(CCc1ccco1)Nc1nc(-c2ccc3c(c2)OCO3)cs1. The molecule has 4 rings (SSSR count). The summed E-state index contributed by atoms with van der Waals surface area (Å²) >= 11 is 1.39. The number of benzene rings is 1. The summed E-state index contributed by atoms with van der Waals surface area (Å²) in [5.41, 5.74) is 1.71. The lowest BCUT2D eigenvalue weighted by Gasteiger charge is -2.01. The molecular formula is C17H14N2O4S. The van der Waals surface area contributed by atoms with Gasteiger partial charge in [0.1, 0.15) is 5.76 Å². The quantitative estimate of drug-likeness (QED) is 0.765. The lowest BCUT2D eigenvalue weighted by Crippen LogP contribution is -2.11. The molecule has 1 aromatic carbocycles. The molecule has 0 unspecified atom stereocenters. The van der Waals surface area contributed by atoms with Gasteiger partial charge in [0.05, 0.1) is 12.0 Å². The van der Waals surface area contributed by atoms with Crippen LogP contribution in [-0.2, 0) is 11.2 Å². The second-order valence-corrected chi connectivity index (χ2v) is 6.09. The third-order valence-corrected chi connectivity index (χ3v) is 4.36. The summed E-state index contributed by atoms with van der Waals surface area (Å²) < 4.78 is 15.9. The highest BCUT2D eigenvalue weighted by Gasteiger charge is 2.15. The van der Waals surface area contributed by atoms with Crippen molar-refractivity contribution in [3.8, 4) is 22.8 Å². The highest BCUT2D eigenvalue weighted by atomic mass is 32.1. The molecule has 3 heterocycles. The molecule has 1 amide bonds. The topological polar surface area (TPSA) is 73.6 Å². The number of carbonyl (C=O) groups is 1. The van der Waals surface area contributed by atoms with Gasteiger partial charge in [0, 0.05) is 23.8 Å². The first kappa shape index (κ1) is 14.8. The van der Waals surface area contributed by atoms with Crippen LogP contribution in [0.15, 0.2) is 46.4 Å². The van der Waals surface area contributed by atoms with E-state index in [1.54, 1.807) is 6.26 Å². The maximum Gasteiger partial charge on any atom is 0.231 e. The number of ether oxygens (including phenoxy) is 2. The number of aryl methyl sites for hydroxylation is 1. The van der Waals surface area contributed by atoms with Crippen molar-refractivity contribution < 1.29 is 18.7 Å². The van der Waals surface area contributed by atoms with Gasteiger partial charge in [-0.1, -0.05) is 0 Å². The maximum absolute atomic E-state index is 12.0.